The third-order valence-corrected chi connectivity index (χ3v) is 2.00. The Hall–Kier alpha value is -1.89. The van der Waals surface area contributed by atoms with Gasteiger partial charge in [-0.3, -0.25) is 4.79 Å². The number of guanidine groups is 1. The minimum Gasteiger partial charge on any atom is -0.481 e. The summed E-state index contributed by atoms with van der Waals surface area (Å²) in [5.41, 5.74) is 11.1. The first kappa shape index (κ1) is 15.1. The number of aliphatic carboxylic acids is 1. The Bertz CT molecular complexity index is 424. The molecule has 0 saturated carbocycles. The summed E-state index contributed by atoms with van der Waals surface area (Å²) in [6.45, 7) is 1.08. The van der Waals surface area contributed by atoms with Gasteiger partial charge in [0.15, 0.2) is 0 Å². The SMILES string of the molecule is CC(=O)O.NC(N)=NN=Cc1ccccc1Br. The zero-order valence-corrected chi connectivity index (χ0v) is 10.8. The van der Waals surface area contributed by atoms with Crippen LogP contribution in [-0.4, -0.2) is 23.2 Å². The van der Waals surface area contributed by atoms with Crippen LogP contribution in [0, 0.1) is 0 Å². The average Bonchev–Trinajstić information content (AvgIpc) is 2.19. The molecule has 0 atom stereocenters. The van der Waals surface area contributed by atoms with Crippen LogP contribution in [0.4, 0.5) is 0 Å². The highest BCUT2D eigenvalue weighted by atomic mass is 79.9. The predicted octanol–water partition coefficient (Wildman–Crippen LogP) is 1.15. The molecular weight excluding hydrogens is 288 g/mol. The van der Waals surface area contributed by atoms with Gasteiger partial charge in [0.2, 0.25) is 5.96 Å². The molecule has 0 aromatic heterocycles. The van der Waals surface area contributed by atoms with E-state index in [0.29, 0.717) is 0 Å². The molecule has 1 aromatic carbocycles. The van der Waals surface area contributed by atoms with Crippen LogP contribution in [0.15, 0.2) is 38.9 Å². The number of nitrogens with two attached hydrogens (primary N) is 2. The van der Waals surface area contributed by atoms with Crippen LogP contribution in [0.25, 0.3) is 0 Å². The molecule has 1 aromatic rings. The van der Waals surface area contributed by atoms with Crippen LogP contribution in [0.3, 0.4) is 0 Å². The van der Waals surface area contributed by atoms with E-state index in [-0.39, 0.29) is 5.96 Å². The summed E-state index contributed by atoms with van der Waals surface area (Å²) in [5.74, 6) is -0.886. The van der Waals surface area contributed by atoms with Crippen molar-refractivity contribution in [3.8, 4) is 0 Å². The maximum absolute atomic E-state index is 9.00. The molecule has 1 rings (SSSR count). The number of rotatable bonds is 2. The second kappa shape index (κ2) is 8.28. The van der Waals surface area contributed by atoms with E-state index in [9.17, 15) is 0 Å². The molecule has 0 aliphatic heterocycles. The number of hydrogen-bond donors (Lipinski definition) is 3. The van der Waals surface area contributed by atoms with Crippen molar-refractivity contribution >= 4 is 34.1 Å². The molecule has 0 saturated heterocycles. The van der Waals surface area contributed by atoms with Crippen LogP contribution < -0.4 is 11.5 Å². The van der Waals surface area contributed by atoms with E-state index in [1.807, 2.05) is 24.3 Å². The molecule has 0 bridgehead atoms. The lowest BCUT2D eigenvalue weighted by Crippen LogP contribution is -2.21. The fraction of sp³-hybridized carbons (Fsp3) is 0.100. The Morgan fingerprint density at radius 1 is 1.41 bits per heavy atom. The first-order valence-electron chi connectivity index (χ1n) is 4.49. The Labute approximate surface area is 107 Å². The molecule has 0 unspecified atom stereocenters. The molecule has 6 nitrogen and oxygen atoms in total. The van der Waals surface area contributed by atoms with Gasteiger partial charge in [0.05, 0.1) is 6.21 Å². The van der Waals surface area contributed by atoms with Crippen molar-refractivity contribution in [3.63, 3.8) is 0 Å². The number of hydrogen-bond acceptors (Lipinski definition) is 3. The number of carboxylic acids is 1. The fourth-order valence-corrected chi connectivity index (χ4v) is 1.12. The molecule has 0 aliphatic rings. The highest BCUT2D eigenvalue weighted by Crippen LogP contribution is 2.13. The molecule has 0 fully saturated rings. The monoisotopic (exact) mass is 300 g/mol. The van der Waals surface area contributed by atoms with E-state index in [0.717, 1.165) is 17.0 Å². The molecule has 5 N–H and O–H groups in total. The summed E-state index contributed by atoms with van der Waals surface area (Å²) < 4.78 is 0.949. The van der Waals surface area contributed by atoms with Crippen LogP contribution in [0.5, 0.6) is 0 Å². The van der Waals surface area contributed by atoms with Crippen molar-refractivity contribution in [1.29, 1.82) is 0 Å². The number of carbonyl (C=O) groups is 1. The summed E-state index contributed by atoms with van der Waals surface area (Å²) >= 11 is 3.36. The summed E-state index contributed by atoms with van der Waals surface area (Å²) in [6, 6.07) is 7.64. The topological polar surface area (TPSA) is 114 Å². The van der Waals surface area contributed by atoms with Gasteiger partial charge in [-0.15, -0.1) is 5.10 Å². The van der Waals surface area contributed by atoms with Gasteiger partial charge in [-0.2, -0.15) is 5.10 Å². The van der Waals surface area contributed by atoms with Crippen molar-refractivity contribution in [2.45, 2.75) is 6.92 Å². The van der Waals surface area contributed by atoms with Crippen molar-refractivity contribution in [2.24, 2.45) is 21.7 Å². The predicted molar refractivity (Wildman–Crippen MR) is 70.9 cm³/mol. The fourth-order valence-electron chi connectivity index (χ4n) is 0.738. The van der Waals surface area contributed by atoms with E-state index >= 15 is 0 Å². The molecule has 92 valence electrons. The van der Waals surface area contributed by atoms with Crippen LogP contribution >= 0.6 is 15.9 Å². The molecule has 7 heteroatoms. The Kier molecular flexibility index (Phi) is 7.36. The van der Waals surface area contributed by atoms with Crippen LogP contribution in [0.1, 0.15) is 12.5 Å². The van der Waals surface area contributed by atoms with Gasteiger partial charge in [0, 0.05) is 17.0 Å². The van der Waals surface area contributed by atoms with E-state index in [2.05, 4.69) is 26.1 Å². The maximum Gasteiger partial charge on any atom is 0.300 e. The van der Waals surface area contributed by atoms with Crippen molar-refractivity contribution in [1.82, 2.24) is 0 Å². The number of halogens is 1. The second-order valence-corrected chi connectivity index (χ2v) is 3.66. The second-order valence-electron chi connectivity index (χ2n) is 2.81. The van der Waals surface area contributed by atoms with Gasteiger partial charge in [0.1, 0.15) is 0 Å². The highest BCUT2D eigenvalue weighted by Gasteiger charge is 1.92. The first-order valence-corrected chi connectivity index (χ1v) is 5.28. The summed E-state index contributed by atoms with van der Waals surface area (Å²) in [7, 11) is 0. The van der Waals surface area contributed by atoms with Gasteiger partial charge in [-0.25, -0.2) is 0 Å². The van der Waals surface area contributed by atoms with Crippen LogP contribution in [-0.2, 0) is 4.79 Å². The van der Waals surface area contributed by atoms with Gasteiger partial charge in [-0.05, 0) is 6.07 Å². The molecule has 0 aliphatic carbocycles. The van der Waals surface area contributed by atoms with Crippen molar-refractivity contribution in [2.75, 3.05) is 0 Å². The zero-order valence-electron chi connectivity index (χ0n) is 9.17. The van der Waals surface area contributed by atoms with E-state index in [4.69, 9.17) is 21.4 Å². The molecule has 17 heavy (non-hydrogen) atoms. The quantitative estimate of drug-likeness (QED) is 0.432. The van der Waals surface area contributed by atoms with Gasteiger partial charge < -0.3 is 16.6 Å². The average molecular weight is 301 g/mol. The summed E-state index contributed by atoms with van der Waals surface area (Å²) in [5, 5.41) is 14.6. The van der Waals surface area contributed by atoms with Gasteiger partial charge in [-0.1, -0.05) is 34.1 Å². The Morgan fingerprint density at radius 3 is 2.41 bits per heavy atom. The first-order chi connectivity index (χ1) is 7.93. The minimum absolute atomic E-state index is 0.0525. The van der Waals surface area contributed by atoms with E-state index < -0.39 is 5.97 Å². The third-order valence-electron chi connectivity index (χ3n) is 1.28. The van der Waals surface area contributed by atoms with Gasteiger partial charge >= 0.3 is 0 Å². The number of benzene rings is 1. The lowest BCUT2D eigenvalue weighted by molar-refractivity contribution is -0.134. The minimum atomic E-state index is -0.833. The molecule has 0 spiro atoms. The molecule has 0 radical (unpaired) electrons. The highest BCUT2D eigenvalue weighted by molar-refractivity contribution is 9.10. The van der Waals surface area contributed by atoms with Crippen molar-refractivity contribution < 1.29 is 9.90 Å². The number of carboxylic acid groups (broad SMARTS) is 1. The lowest BCUT2D eigenvalue weighted by Gasteiger charge is -1.93. The number of nitrogens with zero attached hydrogens (tertiary/aromatic N) is 2. The Morgan fingerprint density at radius 2 is 1.94 bits per heavy atom. The third kappa shape index (κ3) is 9.06. The molecule has 0 amide bonds. The van der Waals surface area contributed by atoms with Crippen molar-refractivity contribution in [3.05, 3.63) is 34.3 Å². The largest absolute Gasteiger partial charge is 0.481 e. The lowest BCUT2D eigenvalue weighted by atomic mass is 10.2. The molecular formula is C10H13BrN4O2. The smallest absolute Gasteiger partial charge is 0.300 e. The molecule has 0 heterocycles. The zero-order chi connectivity index (χ0) is 13.3. The van der Waals surface area contributed by atoms with E-state index in [1.54, 1.807) is 6.21 Å². The normalized spacial score (nSPS) is 9.29. The standard InChI is InChI=1S/C8H9BrN4.C2H4O2/c9-7-4-2-1-3-6(7)5-12-13-8(10)11;1-2(3)4/h1-5H,(H4,10,11,13);1H3,(H,3,4). The Balaban J connectivity index is 0.000000557. The van der Waals surface area contributed by atoms with E-state index in [1.165, 1.54) is 0 Å². The van der Waals surface area contributed by atoms with Crippen LogP contribution in [0.2, 0.25) is 0 Å². The maximum atomic E-state index is 9.00. The summed E-state index contributed by atoms with van der Waals surface area (Å²) in [6.07, 6.45) is 1.57. The van der Waals surface area contributed by atoms with Gasteiger partial charge in [0.25, 0.3) is 5.97 Å². The summed E-state index contributed by atoms with van der Waals surface area (Å²) in [4.78, 5) is 9.00.